The third-order valence-electron chi connectivity index (χ3n) is 3.58. The SMILES string of the molecule is CCOC1CC(n2nnnc2-c2cccc(N)c2Br)C1. The molecule has 0 saturated heterocycles. The van der Waals surface area contributed by atoms with Crippen molar-refractivity contribution in [2.45, 2.75) is 31.9 Å². The third-order valence-corrected chi connectivity index (χ3v) is 4.47. The summed E-state index contributed by atoms with van der Waals surface area (Å²) in [6.45, 7) is 2.76. The average Bonchev–Trinajstić information content (AvgIpc) is 2.85. The highest BCUT2D eigenvalue weighted by molar-refractivity contribution is 9.10. The number of rotatable bonds is 4. The highest BCUT2D eigenvalue weighted by Crippen LogP contribution is 2.38. The molecule has 1 saturated carbocycles. The number of hydrogen-bond acceptors (Lipinski definition) is 5. The van der Waals surface area contributed by atoms with Gasteiger partial charge in [-0.1, -0.05) is 6.07 Å². The topological polar surface area (TPSA) is 78.8 Å². The van der Waals surface area contributed by atoms with Gasteiger partial charge in [-0.05, 0) is 58.3 Å². The lowest BCUT2D eigenvalue weighted by atomic mass is 9.89. The number of hydrogen-bond donors (Lipinski definition) is 1. The first kappa shape index (κ1) is 13.5. The van der Waals surface area contributed by atoms with Gasteiger partial charge in [-0.2, -0.15) is 0 Å². The van der Waals surface area contributed by atoms with E-state index in [0.29, 0.717) is 17.8 Å². The summed E-state index contributed by atoms with van der Waals surface area (Å²) < 4.78 is 8.28. The van der Waals surface area contributed by atoms with Crippen LogP contribution in [0.4, 0.5) is 5.69 Å². The van der Waals surface area contributed by atoms with Crippen molar-refractivity contribution >= 4 is 21.6 Å². The average molecular weight is 338 g/mol. The van der Waals surface area contributed by atoms with E-state index in [-0.39, 0.29) is 0 Å². The number of aromatic nitrogens is 4. The standard InChI is InChI=1S/C13H16BrN5O/c1-2-20-9-6-8(7-9)19-13(16-17-18-19)10-4-3-5-11(15)12(10)14/h3-5,8-9H,2,6-7,15H2,1H3. The van der Waals surface area contributed by atoms with E-state index in [1.165, 1.54) is 0 Å². The molecule has 1 aromatic carbocycles. The molecule has 20 heavy (non-hydrogen) atoms. The highest BCUT2D eigenvalue weighted by atomic mass is 79.9. The fraction of sp³-hybridized carbons (Fsp3) is 0.462. The van der Waals surface area contributed by atoms with E-state index in [1.54, 1.807) is 0 Å². The molecule has 7 heteroatoms. The first-order valence-corrected chi connectivity index (χ1v) is 7.43. The van der Waals surface area contributed by atoms with Crippen LogP contribution in [0.5, 0.6) is 0 Å². The van der Waals surface area contributed by atoms with Gasteiger partial charge in [0.05, 0.1) is 16.6 Å². The zero-order chi connectivity index (χ0) is 14.1. The molecule has 2 N–H and O–H groups in total. The Morgan fingerprint density at radius 1 is 1.45 bits per heavy atom. The summed E-state index contributed by atoms with van der Waals surface area (Å²) in [5.41, 5.74) is 7.51. The first-order chi connectivity index (χ1) is 9.70. The molecule has 0 atom stereocenters. The quantitative estimate of drug-likeness (QED) is 0.866. The van der Waals surface area contributed by atoms with Gasteiger partial charge in [-0.3, -0.25) is 0 Å². The fourth-order valence-electron chi connectivity index (χ4n) is 2.45. The molecule has 0 amide bonds. The van der Waals surface area contributed by atoms with Crippen molar-refractivity contribution in [1.82, 2.24) is 20.2 Å². The molecule has 3 rings (SSSR count). The Hall–Kier alpha value is -1.47. The minimum absolute atomic E-state index is 0.296. The highest BCUT2D eigenvalue weighted by Gasteiger charge is 2.34. The van der Waals surface area contributed by atoms with Gasteiger partial charge in [-0.15, -0.1) is 5.10 Å². The van der Waals surface area contributed by atoms with Gasteiger partial charge in [0.2, 0.25) is 0 Å². The molecular weight excluding hydrogens is 322 g/mol. The van der Waals surface area contributed by atoms with Crippen LogP contribution in [0.15, 0.2) is 22.7 Å². The number of halogens is 1. The van der Waals surface area contributed by atoms with Gasteiger partial charge in [0.15, 0.2) is 5.82 Å². The Balaban J connectivity index is 1.86. The Morgan fingerprint density at radius 2 is 2.25 bits per heavy atom. The van der Waals surface area contributed by atoms with Gasteiger partial charge in [0, 0.05) is 17.9 Å². The molecule has 6 nitrogen and oxygen atoms in total. The molecule has 0 radical (unpaired) electrons. The number of anilines is 1. The summed E-state index contributed by atoms with van der Waals surface area (Å²) in [4.78, 5) is 0. The molecule has 2 aromatic rings. The lowest BCUT2D eigenvalue weighted by molar-refractivity contribution is -0.0227. The summed E-state index contributed by atoms with van der Waals surface area (Å²) >= 11 is 3.50. The molecule has 0 aliphatic heterocycles. The number of tetrazole rings is 1. The Bertz CT molecular complexity index is 609. The Kier molecular flexibility index (Phi) is 3.71. The molecule has 0 unspecified atom stereocenters. The smallest absolute Gasteiger partial charge is 0.183 e. The van der Waals surface area contributed by atoms with E-state index in [2.05, 4.69) is 31.5 Å². The number of nitrogens with two attached hydrogens (primary N) is 1. The minimum Gasteiger partial charge on any atom is -0.398 e. The summed E-state index contributed by atoms with van der Waals surface area (Å²) in [7, 11) is 0. The van der Waals surface area contributed by atoms with Crippen LogP contribution in [-0.4, -0.2) is 32.9 Å². The van der Waals surface area contributed by atoms with E-state index in [4.69, 9.17) is 10.5 Å². The van der Waals surface area contributed by atoms with E-state index < -0.39 is 0 Å². The molecule has 1 aromatic heterocycles. The fourth-order valence-corrected chi connectivity index (χ4v) is 2.89. The van der Waals surface area contributed by atoms with Crippen LogP contribution in [0.2, 0.25) is 0 Å². The minimum atomic E-state index is 0.296. The maximum atomic E-state index is 5.92. The Morgan fingerprint density at radius 3 is 3.00 bits per heavy atom. The number of nitrogen functional groups attached to an aromatic ring is 1. The van der Waals surface area contributed by atoms with Crippen LogP contribution in [0.1, 0.15) is 25.8 Å². The van der Waals surface area contributed by atoms with E-state index in [0.717, 1.165) is 35.3 Å². The van der Waals surface area contributed by atoms with Crippen LogP contribution in [0.3, 0.4) is 0 Å². The first-order valence-electron chi connectivity index (χ1n) is 6.64. The normalized spacial score (nSPS) is 21.7. The maximum Gasteiger partial charge on any atom is 0.183 e. The van der Waals surface area contributed by atoms with Crippen LogP contribution in [-0.2, 0) is 4.74 Å². The zero-order valence-electron chi connectivity index (χ0n) is 11.2. The van der Waals surface area contributed by atoms with Crippen molar-refractivity contribution in [3.63, 3.8) is 0 Å². The lowest BCUT2D eigenvalue weighted by Gasteiger charge is -2.34. The van der Waals surface area contributed by atoms with Crippen LogP contribution in [0.25, 0.3) is 11.4 Å². The van der Waals surface area contributed by atoms with E-state index >= 15 is 0 Å². The van der Waals surface area contributed by atoms with Crippen molar-refractivity contribution in [3.05, 3.63) is 22.7 Å². The number of nitrogens with zero attached hydrogens (tertiary/aromatic N) is 4. The van der Waals surface area contributed by atoms with Gasteiger partial charge in [0.25, 0.3) is 0 Å². The van der Waals surface area contributed by atoms with Gasteiger partial charge >= 0.3 is 0 Å². The predicted octanol–water partition coefficient (Wildman–Crippen LogP) is 2.42. The van der Waals surface area contributed by atoms with Crippen LogP contribution in [0, 0.1) is 0 Å². The van der Waals surface area contributed by atoms with Crippen LogP contribution < -0.4 is 5.73 Å². The Labute approximate surface area is 125 Å². The molecule has 0 bridgehead atoms. The number of ether oxygens (including phenoxy) is 1. The molecule has 106 valence electrons. The van der Waals surface area contributed by atoms with Crippen molar-refractivity contribution in [2.24, 2.45) is 0 Å². The predicted molar refractivity (Wildman–Crippen MR) is 79.1 cm³/mol. The molecule has 0 spiro atoms. The summed E-state index contributed by atoms with van der Waals surface area (Å²) in [5, 5.41) is 12.1. The summed E-state index contributed by atoms with van der Waals surface area (Å²) in [6, 6.07) is 6.00. The largest absolute Gasteiger partial charge is 0.398 e. The monoisotopic (exact) mass is 337 g/mol. The van der Waals surface area contributed by atoms with Crippen molar-refractivity contribution in [3.8, 4) is 11.4 Å². The van der Waals surface area contributed by atoms with E-state index in [9.17, 15) is 0 Å². The molecular formula is C13H16BrN5O. The van der Waals surface area contributed by atoms with Crippen molar-refractivity contribution < 1.29 is 4.74 Å². The zero-order valence-corrected chi connectivity index (χ0v) is 12.7. The second-order valence-corrected chi connectivity index (χ2v) is 5.65. The second-order valence-electron chi connectivity index (χ2n) is 4.86. The summed E-state index contributed by atoms with van der Waals surface area (Å²) in [5.74, 6) is 0.740. The molecule has 1 fully saturated rings. The van der Waals surface area contributed by atoms with Gasteiger partial charge < -0.3 is 10.5 Å². The van der Waals surface area contributed by atoms with Crippen molar-refractivity contribution in [1.29, 1.82) is 0 Å². The maximum absolute atomic E-state index is 5.92. The molecule has 1 aliphatic carbocycles. The lowest BCUT2D eigenvalue weighted by Crippen LogP contribution is -2.34. The molecule has 1 aliphatic rings. The van der Waals surface area contributed by atoms with Crippen LogP contribution >= 0.6 is 15.9 Å². The second kappa shape index (κ2) is 5.49. The van der Waals surface area contributed by atoms with E-state index in [1.807, 2.05) is 29.8 Å². The van der Waals surface area contributed by atoms with Gasteiger partial charge in [-0.25, -0.2) is 4.68 Å². The van der Waals surface area contributed by atoms with Crippen molar-refractivity contribution in [2.75, 3.05) is 12.3 Å². The van der Waals surface area contributed by atoms with Gasteiger partial charge in [0.1, 0.15) is 0 Å². The number of benzene rings is 1. The summed E-state index contributed by atoms with van der Waals surface area (Å²) in [6.07, 6.45) is 2.23. The molecule has 1 heterocycles. The third kappa shape index (κ3) is 2.31.